The fraction of sp³-hybridized carbons (Fsp3) is 0.0714. The molecule has 8 heteroatoms. The quantitative estimate of drug-likeness (QED) is 0.765. The van der Waals surface area contributed by atoms with Gasteiger partial charge in [0, 0.05) is 0 Å². The summed E-state index contributed by atoms with van der Waals surface area (Å²) < 4.78 is 12.9. The van der Waals surface area contributed by atoms with Crippen LogP contribution in [0.25, 0.3) is 0 Å². The van der Waals surface area contributed by atoms with Crippen LogP contribution < -0.4 is 10.5 Å². The van der Waals surface area contributed by atoms with Crippen molar-refractivity contribution in [3.05, 3.63) is 58.7 Å². The highest BCUT2D eigenvalue weighted by Gasteiger charge is 2.17. The Bertz CT molecular complexity index is 812. The second-order valence-corrected chi connectivity index (χ2v) is 5.17. The number of para-hydroxylation sites is 1. The molecule has 0 saturated heterocycles. The minimum atomic E-state index is -0.484. The van der Waals surface area contributed by atoms with E-state index in [4.69, 9.17) is 14.9 Å². The number of hydrogen-bond donors (Lipinski definition) is 1. The molecule has 3 rings (SSSR count). The Morgan fingerprint density at radius 1 is 1.32 bits per heavy atom. The molecule has 1 aromatic carbocycles. The Labute approximate surface area is 133 Å². The largest absolute Gasteiger partial charge is 0.484 e. The van der Waals surface area contributed by atoms with E-state index in [1.807, 2.05) is 24.3 Å². The van der Waals surface area contributed by atoms with Crippen molar-refractivity contribution in [2.24, 2.45) is 0 Å². The molecule has 0 amide bonds. The second kappa shape index (κ2) is 6.02. The lowest BCUT2D eigenvalue weighted by molar-refractivity contribution is 0.0916. The fourth-order valence-electron chi connectivity index (χ4n) is 1.79. The van der Waals surface area contributed by atoms with Crippen molar-refractivity contribution in [3.8, 4) is 5.75 Å². The molecule has 2 heterocycles. The predicted molar refractivity (Wildman–Crippen MR) is 81.3 cm³/mol. The lowest BCUT2D eigenvalue weighted by Gasteiger charge is -2.05. The fourth-order valence-corrected chi connectivity index (χ4v) is 2.19. The molecule has 0 spiro atoms. The van der Waals surface area contributed by atoms with Gasteiger partial charge in [0.05, 0.1) is 4.47 Å². The average molecular weight is 363 g/mol. The number of halogens is 1. The first-order chi connectivity index (χ1) is 10.6. The number of carbonyl (C=O) groups excluding carboxylic acids is 1. The van der Waals surface area contributed by atoms with E-state index in [9.17, 15) is 4.79 Å². The van der Waals surface area contributed by atoms with Gasteiger partial charge in [0.15, 0.2) is 5.76 Å². The van der Waals surface area contributed by atoms with E-state index in [1.165, 1.54) is 6.33 Å². The van der Waals surface area contributed by atoms with Gasteiger partial charge in [0.2, 0.25) is 5.95 Å². The molecule has 0 aliphatic rings. The molecule has 0 unspecified atom stereocenters. The van der Waals surface area contributed by atoms with Crippen LogP contribution in [0.1, 0.15) is 16.3 Å². The maximum absolute atomic E-state index is 12.1. The van der Waals surface area contributed by atoms with Crippen LogP contribution in [0.4, 0.5) is 5.95 Å². The van der Waals surface area contributed by atoms with Crippen molar-refractivity contribution in [2.75, 3.05) is 5.73 Å². The Hall–Kier alpha value is -2.61. The zero-order valence-corrected chi connectivity index (χ0v) is 12.9. The summed E-state index contributed by atoms with van der Waals surface area (Å²) in [6.07, 6.45) is 1.20. The van der Waals surface area contributed by atoms with Crippen LogP contribution in [0.3, 0.4) is 0 Å². The van der Waals surface area contributed by atoms with E-state index in [-0.39, 0.29) is 18.3 Å². The highest BCUT2D eigenvalue weighted by molar-refractivity contribution is 9.10. The van der Waals surface area contributed by atoms with Crippen molar-refractivity contribution in [2.45, 2.75) is 6.61 Å². The first kappa shape index (κ1) is 14.3. The minimum absolute atomic E-state index is 0.00687. The van der Waals surface area contributed by atoms with E-state index in [1.54, 1.807) is 12.1 Å². The van der Waals surface area contributed by atoms with Gasteiger partial charge < -0.3 is 14.9 Å². The topological polar surface area (TPSA) is 96.2 Å². The number of carbonyl (C=O) groups is 1. The zero-order chi connectivity index (χ0) is 15.5. The van der Waals surface area contributed by atoms with Crippen LogP contribution in [0, 0.1) is 0 Å². The standard InChI is InChI=1S/C14H11BrN4O3/c15-10-3-1-2-4-11(10)21-7-9-5-6-12(22-9)13(20)19-14(16)17-8-18-19/h1-6,8H,7H2,(H2,16,17,18). The van der Waals surface area contributed by atoms with Gasteiger partial charge in [-0.1, -0.05) is 12.1 Å². The van der Waals surface area contributed by atoms with Crippen LogP contribution in [-0.4, -0.2) is 20.7 Å². The molecular weight excluding hydrogens is 352 g/mol. The summed E-state index contributed by atoms with van der Waals surface area (Å²) in [6.45, 7) is 0.197. The lowest BCUT2D eigenvalue weighted by Crippen LogP contribution is -2.15. The van der Waals surface area contributed by atoms with Crippen LogP contribution in [0.2, 0.25) is 0 Å². The third-order valence-corrected chi connectivity index (χ3v) is 3.50. The Morgan fingerprint density at radius 3 is 2.86 bits per heavy atom. The number of rotatable bonds is 4. The molecule has 0 bridgehead atoms. The van der Waals surface area contributed by atoms with E-state index >= 15 is 0 Å². The van der Waals surface area contributed by atoms with Crippen LogP contribution >= 0.6 is 15.9 Å². The Balaban J connectivity index is 1.71. The highest BCUT2D eigenvalue weighted by Crippen LogP contribution is 2.25. The smallest absolute Gasteiger partial charge is 0.317 e. The summed E-state index contributed by atoms with van der Waals surface area (Å²) in [7, 11) is 0. The minimum Gasteiger partial charge on any atom is -0.484 e. The van der Waals surface area contributed by atoms with Gasteiger partial charge in [-0.25, -0.2) is 0 Å². The van der Waals surface area contributed by atoms with E-state index in [2.05, 4.69) is 26.0 Å². The predicted octanol–water partition coefficient (Wildman–Crippen LogP) is 2.48. The van der Waals surface area contributed by atoms with Gasteiger partial charge in [-0.3, -0.25) is 4.79 Å². The molecule has 2 N–H and O–H groups in total. The van der Waals surface area contributed by atoms with E-state index in [0.29, 0.717) is 11.5 Å². The average Bonchev–Trinajstić information content (AvgIpc) is 3.15. The van der Waals surface area contributed by atoms with E-state index < -0.39 is 5.91 Å². The zero-order valence-electron chi connectivity index (χ0n) is 11.3. The molecule has 2 aromatic heterocycles. The first-order valence-corrected chi connectivity index (χ1v) is 7.10. The normalized spacial score (nSPS) is 10.6. The molecule has 3 aromatic rings. The summed E-state index contributed by atoms with van der Waals surface area (Å²) in [4.78, 5) is 15.8. The number of furan rings is 1. The van der Waals surface area contributed by atoms with Gasteiger partial charge in [0.1, 0.15) is 24.4 Å². The molecular formula is C14H11BrN4O3. The summed E-state index contributed by atoms with van der Waals surface area (Å²) in [6, 6.07) is 10.7. The summed E-state index contributed by atoms with van der Waals surface area (Å²) in [5.41, 5.74) is 5.53. The molecule has 22 heavy (non-hydrogen) atoms. The van der Waals surface area contributed by atoms with Crippen molar-refractivity contribution in [3.63, 3.8) is 0 Å². The SMILES string of the molecule is Nc1ncnn1C(=O)c1ccc(COc2ccccc2Br)o1. The molecule has 0 fully saturated rings. The number of nitrogen functional groups attached to an aromatic ring is 1. The number of anilines is 1. The van der Waals surface area contributed by atoms with Crippen LogP contribution in [0.5, 0.6) is 5.75 Å². The summed E-state index contributed by atoms with van der Waals surface area (Å²) >= 11 is 3.39. The van der Waals surface area contributed by atoms with Crippen molar-refractivity contribution in [1.29, 1.82) is 0 Å². The third kappa shape index (κ3) is 2.86. The number of nitrogens with zero attached hydrogens (tertiary/aromatic N) is 3. The second-order valence-electron chi connectivity index (χ2n) is 4.32. The lowest BCUT2D eigenvalue weighted by atomic mass is 10.3. The van der Waals surface area contributed by atoms with Crippen molar-refractivity contribution in [1.82, 2.24) is 14.8 Å². The highest BCUT2D eigenvalue weighted by atomic mass is 79.9. The molecule has 0 aliphatic carbocycles. The summed E-state index contributed by atoms with van der Waals surface area (Å²) in [5.74, 6) is 0.836. The van der Waals surface area contributed by atoms with Crippen molar-refractivity contribution >= 4 is 27.8 Å². The monoisotopic (exact) mass is 362 g/mol. The van der Waals surface area contributed by atoms with E-state index in [0.717, 1.165) is 9.15 Å². The third-order valence-electron chi connectivity index (χ3n) is 2.85. The van der Waals surface area contributed by atoms with Gasteiger partial charge in [-0.15, -0.1) is 5.10 Å². The number of ether oxygens (including phenoxy) is 1. The van der Waals surface area contributed by atoms with Gasteiger partial charge in [-0.05, 0) is 40.2 Å². The molecule has 0 saturated carbocycles. The van der Waals surface area contributed by atoms with Crippen LogP contribution in [-0.2, 0) is 6.61 Å². The van der Waals surface area contributed by atoms with Gasteiger partial charge in [-0.2, -0.15) is 9.67 Å². The number of hydrogen-bond acceptors (Lipinski definition) is 6. The summed E-state index contributed by atoms with van der Waals surface area (Å²) in [5, 5.41) is 3.74. The maximum Gasteiger partial charge on any atom is 0.317 e. The number of nitrogens with two attached hydrogens (primary N) is 1. The molecule has 0 aliphatic heterocycles. The Morgan fingerprint density at radius 2 is 2.14 bits per heavy atom. The van der Waals surface area contributed by atoms with Gasteiger partial charge >= 0.3 is 5.91 Å². The molecule has 112 valence electrons. The Kier molecular flexibility index (Phi) is 3.92. The number of benzene rings is 1. The maximum atomic E-state index is 12.1. The number of aromatic nitrogens is 3. The van der Waals surface area contributed by atoms with Crippen LogP contribution in [0.15, 0.2) is 51.6 Å². The molecule has 0 atom stereocenters. The first-order valence-electron chi connectivity index (χ1n) is 6.31. The molecule has 0 radical (unpaired) electrons. The van der Waals surface area contributed by atoms with Crippen molar-refractivity contribution < 1.29 is 13.9 Å². The van der Waals surface area contributed by atoms with Gasteiger partial charge in [0.25, 0.3) is 0 Å². The molecule has 7 nitrogen and oxygen atoms in total.